The number of aliphatic hydroxyl groups excluding tert-OH is 1. The van der Waals surface area contributed by atoms with Crippen LogP contribution in [0.2, 0.25) is 5.02 Å². The Morgan fingerprint density at radius 1 is 1.29 bits per heavy atom. The van der Waals surface area contributed by atoms with Crippen LogP contribution in [-0.2, 0) is 5.54 Å². The normalized spacial score (nSPS) is 27.0. The topological polar surface area (TPSA) is 109 Å². The van der Waals surface area contributed by atoms with Crippen molar-refractivity contribution in [1.29, 1.82) is 0 Å². The molecule has 0 saturated heterocycles. The molecule has 0 spiro atoms. The van der Waals surface area contributed by atoms with Crippen LogP contribution in [0.1, 0.15) is 12.0 Å². The van der Waals surface area contributed by atoms with Crippen LogP contribution < -0.4 is 11.1 Å². The highest BCUT2D eigenvalue weighted by Crippen LogP contribution is 2.65. The number of anilines is 2. The number of fused-ring (bicyclic) bond motifs is 2. The number of benzene rings is 1. The van der Waals surface area contributed by atoms with Gasteiger partial charge in [-0.25, -0.2) is 28.7 Å². The van der Waals surface area contributed by atoms with Crippen molar-refractivity contribution in [3.05, 3.63) is 53.2 Å². The van der Waals surface area contributed by atoms with Crippen molar-refractivity contribution in [2.75, 3.05) is 18.6 Å². The molecule has 31 heavy (non-hydrogen) atoms. The van der Waals surface area contributed by atoms with E-state index in [4.69, 9.17) is 17.3 Å². The first-order valence-electron chi connectivity index (χ1n) is 9.45. The number of amidine groups is 1. The minimum atomic E-state index is -1.49. The molecule has 0 radical (unpaired) electrons. The van der Waals surface area contributed by atoms with Gasteiger partial charge in [-0.2, -0.15) is 0 Å². The summed E-state index contributed by atoms with van der Waals surface area (Å²) in [5.41, 5.74) is 6.04. The van der Waals surface area contributed by atoms with E-state index < -0.39 is 22.8 Å². The third-order valence-corrected chi connectivity index (χ3v) is 7.32. The second-order valence-corrected chi connectivity index (χ2v) is 9.52. The van der Waals surface area contributed by atoms with E-state index in [0.29, 0.717) is 34.0 Å². The molecule has 0 unspecified atom stereocenters. The first kappa shape index (κ1) is 20.3. The summed E-state index contributed by atoms with van der Waals surface area (Å²) < 4.78 is 28.8. The molecule has 1 saturated carbocycles. The van der Waals surface area contributed by atoms with E-state index in [1.54, 1.807) is 6.07 Å². The number of hydrogen-bond acceptors (Lipinski definition) is 8. The fraction of sp³-hybridized carbons (Fsp3) is 0.300. The second kappa shape index (κ2) is 7.25. The average Bonchev–Trinajstić information content (AvgIpc) is 3.50. The van der Waals surface area contributed by atoms with Gasteiger partial charge in [0, 0.05) is 23.4 Å². The maximum Gasteiger partial charge on any atom is 0.160 e. The van der Waals surface area contributed by atoms with Crippen molar-refractivity contribution in [2.45, 2.75) is 16.7 Å². The van der Waals surface area contributed by atoms with Gasteiger partial charge in [0.1, 0.15) is 29.9 Å². The van der Waals surface area contributed by atoms with Crippen LogP contribution in [0.3, 0.4) is 0 Å². The Kier molecular flexibility index (Phi) is 4.76. The van der Waals surface area contributed by atoms with Gasteiger partial charge in [-0.3, -0.25) is 0 Å². The molecule has 1 aromatic carbocycles. The Bertz CT molecular complexity index is 1230. The van der Waals surface area contributed by atoms with E-state index >= 15 is 0 Å². The molecule has 11 heteroatoms. The molecule has 0 bridgehead atoms. The maximum atomic E-state index is 14.9. The van der Waals surface area contributed by atoms with E-state index in [-0.39, 0.29) is 23.3 Å². The van der Waals surface area contributed by atoms with Crippen LogP contribution in [-0.4, -0.2) is 43.3 Å². The Balaban J connectivity index is 1.57. The molecule has 7 nitrogen and oxygen atoms in total. The lowest BCUT2D eigenvalue weighted by Gasteiger charge is -2.34. The molecular weight excluding hydrogens is 446 g/mol. The summed E-state index contributed by atoms with van der Waals surface area (Å²) in [6.45, 7) is -1.11. The molecule has 4 N–H and O–H groups in total. The minimum Gasteiger partial charge on any atom is -0.395 e. The summed E-state index contributed by atoms with van der Waals surface area (Å²) in [4.78, 5) is 17.0. The molecule has 1 aliphatic heterocycles. The Hall–Kier alpha value is -2.56. The first-order chi connectivity index (χ1) is 14.9. The molecule has 3 atom stereocenters. The number of aromatic nitrogens is 3. The molecule has 1 fully saturated rings. The van der Waals surface area contributed by atoms with Crippen LogP contribution in [0.15, 0.2) is 41.8 Å². The predicted octanol–water partition coefficient (Wildman–Crippen LogP) is 3.54. The summed E-state index contributed by atoms with van der Waals surface area (Å²) in [5.74, 6) is -0.560. The molecule has 3 heterocycles. The smallest absolute Gasteiger partial charge is 0.160 e. The summed E-state index contributed by atoms with van der Waals surface area (Å²) in [5, 5.41) is 13.5. The fourth-order valence-corrected chi connectivity index (χ4v) is 5.67. The van der Waals surface area contributed by atoms with Gasteiger partial charge in [-0.15, -0.1) is 0 Å². The van der Waals surface area contributed by atoms with Crippen molar-refractivity contribution >= 4 is 51.1 Å². The molecule has 5 rings (SSSR count). The molecule has 1 aliphatic carbocycles. The lowest BCUT2D eigenvalue weighted by atomic mass is 9.84. The number of hydrogen-bond donors (Lipinski definition) is 3. The van der Waals surface area contributed by atoms with Gasteiger partial charge in [0.2, 0.25) is 0 Å². The number of nitrogens with one attached hydrogen (secondary N) is 1. The van der Waals surface area contributed by atoms with E-state index in [0.717, 1.165) is 0 Å². The van der Waals surface area contributed by atoms with E-state index in [2.05, 4.69) is 25.3 Å². The molecule has 2 aromatic heterocycles. The van der Waals surface area contributed by atoms with Gasteiger partial charge in [-0.05, 0) is 30.7 Å². The maximum absolute atomic E-state index is 14.9. The van der Waals surface area contributed by atoms with Crippen molar-refractivity contribution in [3.8, 4) is 0 Å². The van der Waals surface area contributed by atoms with E-state index in [9.17, 15) is 13.9 Å². The van der Waals surface area contributed by atoms with Crippen LogP contribution >= 0.6 is 23.4 Å². The highest BCUT2D eigenvalue weighted by Gasteiger charge is 2.68. The van der Waals surface area contributed by atoms with Crippen molar-refractivity contribution < 1.29 is 13.9 Å². The van der Waals surface area contributed by atoms with Crippen LogP contribution in [0.5, 0.6) is 0 Å². The number of aliphatic imine (C=N–C) groups is 1. The third-order valence-electron chi connectivity index (χ3n) is 5.83. The van der Waals surface area contributed by atoms with E-state index in [1.807, 2.05) is 0 Å². The first-order valence-corrected chi connectivity index (χ1v) is 10.6. The standard InChI is InChI=1S/C20H17ClF2N6OS/c21-10-3-14-16(25-6-10)17(27-9-26-14)28-11-1-2-13(23)12(4-11)20(7-22)15-5-19(15,8-30)31-18(24)29-20/h1-4,6,9,15,30H,5,7-8H2,(H2,24,29)(H,26,27,28)/t15-,19+,20-/m1/s1. The zero-order chi connectivity index (χ0) is 21.8. The Morgan fingerprint density at radius 2 is 2.13 bits per heavy atom. The molecule has 160 valence electrons. The number of thioether (sulfide) groups is 1. The number of halogens is 3. The number of nitrogens with zero attached hydrogens (tertiary/aromatic N) is 4. The van der Waals surface area contributed by atoms with Crippen molar-refractivity contribution in [2.24, 2.45) is 16.6 Å². The van der Waals surface area contributed by atoms with Crippen LogP contribution in [0.4, 0.5) is 20.3 Å². The van der Waals surface area contributed by atoms with Crippen molar-refractivity contribution in [1.82, 2.24) is 15.0 Å². The van der Waals surface area contributed by atoms with Crippen LogP contribution in [0, 0.1) is 11.7 Å². The van der Waals surface area contributed by atoms with Gasteiger partial charge in [0.05, 0.1) is 21.9 Å². The monoisotopic (exact) mass is 462 g/mol. The zero-order valence-electron chi connectivity index (χ0n) is 16.0. The van der Waals surface area contributed by atoms with Gasteiger partial charge in [0.25, 0.3) is 0 Å². The summed E-state index contributed by atoms with van der Waals surface area (Å²) in [7, 11) is 0. The summed E-state index contributed by atoms with van der Waals surface area (Å²) in [6, 6.07) is 5.93. The van der Waals surface area contributed by atoms with Gasteiger partial charge in [-0.1, -0.05) is 23.4 Å². The van der Waals surface area contributed by atoms with Gasteiger partial charge >= 0.3 is 0 Å². The average molecular weight is 463 g/mol. The number of alkyl halides is 1. The zero-order valence-corrected chi connectivity index (χ0v) is 17.6. The largest absolute Gasteiger partial charge is 0.395 e. The predicted molar refractivity (Wildman–Crippen MR) is 117 cm³/mol. The highest BCUT2D eigenvalue weighted by molar-refractivity contribution is 8.15. The number of nitrogens with two attached hydrogens (primary N) is 1. The van der Waals surface area contributed by atoms with Gasteiger partial charge in [0.15, 0.2) is 11.0 Å². The summed E-state index contributed by atoms with van der Waals surface area (Å²) >= 11 is 7.20. The Morgan fingerprint density at radius 3 is 2.90 bits per heavy atom. The van der Waals surface area contributed by atoms with Crippen LogP contribution in [0.25, 0.3) is 11.0 Å². The lowest BCUT2D eigenvalue weighted by Crippen LogP contribution is -2.41. The lowest BCUT2D eigenvalue weighted by molar-refractivity contribution is 0.231. The SMILES string of the molecule is NC1=N[C@](CF)(c2cc(Nc3ncnc4cc(Cl)cnc34)ccc2F)[C@@H]2C[C@@]2(CO)S1. The molecular formula is C20H17ClF2N6OS. The Labute approximate surface area is 185 Å². The third kappa shape index (κ3) is 3.20. The highest BCUT2D eigenvalue weighted by atomic mass is 35.5. The number of rotatable bonds is 5. The quantitative estimate of drug-likeness (QED) is 0.532. The summed E-state index contributed by atoms with van der Waals surface area (Å²) in [6.07, 6.45) is 3.34. The molecule has 2 aliphatic rings. The number of aliphatic hydroxyl groups is 1. The molecule has 3 aromatic rings. The fourth-order valence-electron chi connectivity index (χ4n) is 4.24. The van der Waals surface area contributed by atoms with E-state index in [1.165, 1.54) is 42.5 Å². The van der Waals surface area contributed by atoms with Crippen molar-refractivity contribution in [3.63, 3.8) is 0 Å². The molecule has 0 amide bonds. The number of pyridine rings is 1. The minimum absolute atomic E-state index is 0.0814. The second-order valence-electron chi connectivity index (χ2n) is 7.65. The van der Waals surface area contributed by atoms with Gasteiger partial charge < -0.3 is 16.2 Å².